The summed E-state index contributed by atoms with van der Waals surface area (Å²) in [4.78, 5) is 12.1. The van der Waals surface area contributed by atoms with Gasteiger partial charge in [0.25, 0.3) is 0 Å². The van der Waals surface area contributed by atoms with Gasteiger partial charge in [0.2, 0.25) is 0 Å². The molecule has 0 saturated carbocycles. The summed E-state index contributed by atoms with van der Waals surface area (Å²) in [6.45, 7) is 0. The average Bonchev–Trinajstić information content (AvgIpc) is 1.80. The van der Waals surface area contributed by atoms with Gasteiger partial charge in [-0.1, -0.05) is 0 Å². The highest BCUT2D eigenvalue weighted by Gasteiger charge is 2.12. The molecule has 1 atom stereocenters. The number of nitrogens with zero attached hydrogens (tertiary/aromatic N) is 1. The van der Waals surface area contributed by atoms with Crippen molar-refractivity contribution in [1.29, 1.82) is 0 Å². The highest BCUT2D eigenvalue weighted by atomic mass is 16.2. The molecule has 1 aliphatic rings. The lowest BCUT2D eigenvalue weighted by atomic mass is 10.4. The van der Waals surface area contributed by atoms with Crippen LogP contribution in [0.5, 0.6) is 0 Å². The predicted molar refractivity (Wildman–Crippen MR) is 33.4 cm³/mol. The van der Waals surface area contributed by atoms with Crippen molar-refractivity contribution >= 4 is 6.03 Å². The Labute approximate surface area is 53.3 Å². The SMILES string of the molecule is CN1C=CC(N)NC1=O. The van der Waals surface area contributed by atoms with Gasteiger partial charge in [0, 0.05) is 13.2 Å². The molecule has 1 unspecified atom stereocenters. The maximum absolute atomic E-state index is 10.7. The third kappa shape index (κ3) is 1.20. The molecule has 9 heavy (non-hydrogen) atoms. The highest BCUT2D eigenvalue weighted by molar-refractivity contribution is 5.76. The first-order valence-corrected chi connectivity index (χ1v) is 2.67. The van der Waals surface area contributed by atoms with Crippen LogP contribution in [-0.4, -0.2) is 24.1 Å². The van der Waals surface area contributed by atoms with Gasteiger partial charge >= 0.3 is 6.03 Å². The van der Waals surface area contributed by atoms with Crippen LogP contribution in [0.15, 0.2) is 12.3 Å². The fourth-order valence-corrected chi connectivity index (χ4v) is 0.582. The topological polar surface area (TPSA) is 58.4 Å². The normalized spacial score (nSPS) is 26.2. The molecule has 3 N–H and O–H groups in total. The van der Waals surface area contributed by atoms with E-state index in [1.165, 1.54) is 4.90 Å². The highest BCUT2D eigenvalue weighted by Crippen LogP contribution is 1.93. The zero-order valence-electron chi connectivity index (χ0n) is 5.16. The summed E-state index contributed by atoms with van der Waals surface area (Å²) in [7, 11) is 1.66. The molecule has 2 amide bonds. The summed E-state index contributed by atoms with van der Waals surface area (Å²) in [6, 6.07) is -0.162. The number of carbonyl (C=O) groups excluding carboxylic acids is 1. The summed E-state index contributed by atoms with van der Waals surface area (Å²) in [5, 5.41) is 2.51. The van der Waals surface area contributed by atoms with Gasteiger partial charge < -0.3 is 16.0 Å². The molecule has 0 aromatic carbocycles. The molecule has 1 heterocycles. The molecule has 0 fully saturated rings. The summed E-state index contributed by atoms with van der Waals surface area (Å²) < 4.78 is 0. The van der Waals surface area contributed by atoms with Gasteiger partial charge in [-0.2, -0.15) is 0 Å². The van der Waals surface area contributed by atoms with Gasteiger partial charge in [0.15, 0.2) is 0 Å². The van der Waals surface area contributed by atoms with Gasteiger partial charge in [0.1, 0.15) is 0 Å². The number of nitrogens with one attached hydrogen (secondary N) is 1. The Morgan fingerprint density at radius 3 is 3.00 bits per heavy atom. The van der Waals surface area contributed by atoms with E-state index < -0.39 is 0 Å². The van der Waals surface area contributed by atoms with E-state index in [4.69, 9.17) is 5.73 Å². The fraction of sp³-hybridized carbons (Fsp3) is 0.400. The lowest BCUT2D eigenvalue weighted by Gasteiger charge is -2.21. The Hall–Kier alpha value is -1.03. The predicted octanol–water partition coefficient (Wildman–Crippen LogP) is -0.560. The zero-order valence-corrected chi connectivity index (χ0v) is 5.16. The number of nitrogens with two attached hydrogens (primary N) is 1. The van der Waals surface area contributed by atoms with Crippen LogP contribution in [-0.2, 0) is 0 Å². The molecule has 50 valence electrons. The van der Waals surface area contributed by atoms with Gasteiger partial charge in [-0.15, -0.1) is 0 Å². The van der Waals surface area contributed by atoms with Crippen LogP contribution in [0.2, 0.25) is 0 Å². The minimum atomic E-state index is -0.325. The molecular formula is C5H9N3O. The number of urea groups is 1. The number of carbonyl (C=O) groups is 1. The van der Waals surface area contributed by atoms with Crippen molar-refractivity contribution in [3.63, 3.8) is 0 Å². The lowest BCUT2D eigenvalue weighted by Crippen LogP contribution is -2.48. The Bertz CT molecular complexity index is 154. The van der Waals surface area contributed by atoms with Crippen LogP contribution < -0.4 is 11.1 Å². The molecule has 4 nitrogen and oxygen atoms in total. The monoisotopic (exact) mass is 127 g/mol. The number of hydrogen-bond acceptors (Lipinski definition) is 2. The quantitative estimate of drug-likeness (QED) is 0.458. The second kappa shape index (κ2) is 2.06. The Balaban J connectivity index is 2.65. The first kappa shape index (κ1) is 6.10. The number of rotatable bonds is 0. The second-order valence-corrected chi connectivity index (χ2v) is 1.93. The molecule has 0 spiro atoms. The standard InChI is InChI=1S/C5H9N3O/c1-8-3-2-4(6)7-5(8)9/h2-4H,6H2,1H3,(H,7,9). The summed E-state index contributed by atoms with van der Waals surface area (Å²) in [5.74, 6) is 0. The maximum atomic E-state index is 10.7. The van der Waals surface area contributed by atoms with E-state index in [-0.39, 0.29) is 12.2 Å². The maximum Gasteiger partial charge on any atom is 0.322 e. The average molecular weight is 127 g/mol. The molecule has 0 aromatic rings. The lowest BCUT2D eigenvalue weighted by molar-refractivity contribution is 0.217. The van der Waals surface area contributed by atoms with E-state index in [1.54, 1.807) is 19.3 Å². The van der Waals surface area contributed by atoms with Crippen molar-refractivity contribution in [3.8, 4) is 0 Å². The molecule has 0 bridgehead atoms. The van der Waals surface area contributed by atoms with Gasteiger partial charge in [-0.3, -0.25) is 0 Å². The first-order valence-electron chi connectivity index (χ1n) is 2.67. The van der Waals surface area contributed by atoms with E-state index >= 15 is 0 Å². The Kier molecular flexibility index (Phi) is 1.40. The van der Waals surface area contributed by atoms with Crippen LogP contribution in [0.25, 0.3) is 0 Å². The van der Waals surface area contributed by atoms with Crippen molar-refractivity contribution in [1.82, 2.24) is 10.2 Å². The molecule has 0 aliphatic carbocycles. The van der Waals surface area contributed by atoms with Crippen molar-refractivity contribution in [3.05, 3.63) is 12.3 Å². The summed E-state index contributed by atoms with van der Waals surface area (Å²) >= 11 is 0. The van der Waals surface area contributed by atoms with Crippen LogP contribution >= 0.6 is 0 Å². The molecule has 1 rings (SSSR count). The van der Waals surface area contributed by atoms with Crippen molar-refractivity contribution in [2.24, 2.45) is 5.73 Å². The van der Waals surface area contributed by atoms with Crippen LogP contribution in [0.4, 0.5) is 4.79 Å². The van der Waals surface area contributed by atoms with Crippen LogP contribution in [0, 0.1) is 0 Å². The molecule has 4 heteroatoms. The molecule has 1 aliphatic heterocycles. The zero-order chi connectivity index (χ0) is 6.85. The van der Waals surface area contributed by atoms with E-state index in [2.05, 4.69) is 5.32 Å². The minimum absolute atomic E-state index is 0.162. The first-order chi connectivity index (χ1) is 4.20. The molecule has 0 saturated heterocycles. The smallest absolute Gasteiger partial charge is 0.319 e. The van der Waals surface area contributed by atoms with Crippen LogP contribution in [0.1, 0.15) is 0 Å². The van der Waals surface area contributed by atoms with Crippen molar-refractivity contribution in [2.45, 2.75) is 6.17 Å². The Morgan fingerprint density at radius 2 is 2.56 bits per heavy atom. The van der Waals surface area contributed by atoms with Gasteiger partial charge in [-0.25, -0.2) is 4.79 Å². The van der Waals surface area contributed by atoms with E-state index in [0.717, 1.165) is 0 Å². The third-order valence-corrected chi connectivity index (χ3v) is 1.13. The number of hydrogen-bond donors (Lipinski definition) is 2. The summed E-state index contributed by atoms with van der Waals surface area (Å²) in [6.07, 6.45) is 3.03. The van der Waals surface area contributed by atoms with Gasteiger partial charge in [-0.05, 0) is 6.08 Å². The summed E-state index contributed by atoms with van der Waals surface area (Å²) in [5.41, 5.74) is 5.34. The molecule has 0 aromatic heterocycles. The number of amides is 2. The largest absolute Gasteiger partial charge is 0.322 e. The van der Waals surface area contributed by atoms with Crippen LogP contribution in [0.3, 0.4) is 0 Å². The van der Waals surface area contributed by atoms with Crippen molar-refractivity contribution < 1.29 is 4.79 Å². The second-order valence-electron chi connectivity index (χ2n) is 1.93. The van der Waals surface area contributed by atoms with E-state index in [1.807, 2.05) is 0 Å². The van der Waals surface area contributed by atoms with Crippen molar-refractivity contribution in [2.75, 3.05) is 7.05 Å². The third-order valence-electron chi connectivity index (χ3n) is 1.13. The molecule has 0 radical (unpaired) electrons. The Morgan fingerprint density at radius 1 is 1.89 bits per heavy atom. The molecular weight excluding hydrogens is 118 g/mol. The van der Waals surface area contributed by atoms with E-state index in [0.29, 0.717) is 0 Å². The minimum Gasteiger partial charge on any atom is -0.319 e. The van der Waals surface area contributed by atoms with Gasteiger partial charge in [0.05, 0.1) is 6.17 Å². The van der Waals surface area contributed by atoms with E-state index in [9.17, 15) is 4.79 Å². The fourth-order valence-electron chi connectivity index (χ4n) is 0.582.